The minimum absolute atomic E-state index is 0.496. The van der Waals surface area contributed by atoms with Crippen molar-refractivity contribution in [1.82, 2.24) is 15.5 Å². The van der Waals surface area contributed by atoms with Gasteiger partial charge in [0.15, 0.2) is 0 Å². The van der Waals surface area contributed by atoms with E-state index in [1.807, 2.05) is 0 Å². The molecular weight excluding hydrogens is 334 g/mol. The highest BCUT2D eigenvalue weighted by Crippen LogP contribution is 2.31. The number of nitrogens with zero attached hydrogens (tertiary/aromatic N) is 1. The topological polar surface area (TPSA) is 36.5 Å². The van der Waals surface area contributed by atoms with Crippen molar-refractivity contribution >= 4 is 0 Å². The molecule has 0 amide bonds. The van der Waals surface area contributed by atoms with Crippen molar-refractivity contribution in [2.75, 3.05) is 39.4 Å². The monoisotopic (exact) mass is 371 g/mol. The van der Waals surface area contributed by atoms with E-state index in [-0.39, 0.29) is 0 Å². The van der Waals surface area contributed by atoms with Gasteiger partial charge in [-0.15, -0.1) is 0 Å². The SMILES string of the molecule is CC1CCN(C(CNC2CCCC2C2COCCN2)c2ccccc2)CC1. The molecule has 3 fully saturated rings. The Morgan fingerprint density at radius 1 is 1.15 bits per heavy atom. The van der Waals surface area contributed by atoms with Crippen LogP contribution < -0.4 is 10.6 Å². The zero-order chi connectivity index (χ0) is 18.5. The van der Waals surface area contributed by atoms with Crippen LogP contribution in [-0.4, -0.2) is 56.4 Å². The average molecular weight is 372 g/mol. The van der Waals surface area contributed by atoms with Crippen molar-refractivity contribution in [2.24, 2.45) is 11.8 Å². The van der Waals surface area contributed by atoms with Gasteiger partial charge in [0.05, 0.1) is 13.2 Å². The average Bonchev–Trinajstić information content (AvgIpc) is 3.19. The summed E-state index contributed by atoms with van der Waals surface area (Å²) in [5, 5.41) is 7.70. The van der Waals surface area contributed by atoms with Crippen LogP contribution in [0, 0.1) is 11.8 Å². The minimum Gasteiger partial charge on any atom is -0.379 e. The van der Waals surface area contributed by atoms with Gasteiger partial charge >= 0.3 is 0 Å². The lowest BCUT2D eigenvalue weighted by atomic mass is 9.93. The third-order valence-corrected chi connectivity index (χ3v) is 7.05. The lowest BCUT2D eigenvalue weighted by molar-refractivity contribution is 0.0514. The number of hydrogen-bond donors (Lipinski definition) is 2. The number of ether oxygens (including phenoxy) is 1. The zero-order valence-corrected chi connectivity index (χ0v) is 16.9. The maximum absolute atomic E-state index is 5.74. The molecule has 27 heavy (non-hydrogen) atoms. The summed E-state index contributed by atoms with van der Waals surface area (Å²) in [5.74, 6) is 1.59. The molecule has 0 bridgehead atoms. The maximum atomic E-state index is 5.74. The molecule has 4 atom stereocenters. The molecule has 0 aromatic heterocycles. The predicted octanol–water partition coefficient (Wildman–Crippen LogP) is 3.21. The fourth-order valence-electron chi connectivity index (χ4n) is 5.32. The number of piperidine rings is 1. The van der Waals surface area contributed by atoms with Gasteiger partial charge in [-0.3, -0.25) is 4.90 Å². The predicted molar refractivity (Wildman–Crippen MR) is 111 cm³/mol. The van der Waals surface area contributed by atoms with Gasteiger partial charge in [0, 0.05) is 31.2 Å². The highest BCUT2D eigenvalue weighted by atomic mass is 16.5. The second-order valence-corrected chi connectivity index (χ2v) is 8.89. The first-order valence-corrected chi connectivity index (χ1v) is 11.1. The van der Waals surface area contributed by atoms with Gasteiger partial charge in [-0.1, -0.05) is 43.7 Å². The molecule has 1 aliphatic carbocycles. The normalized spacial score (nSPS) is 31.8. The van der Waals surface area contributed by atoms with E-state index in [2.05, 4.69) is 52.8 Å². The zero-order valence-electron chi connectivity index (χ0n) is 16.9. The van der Waals surface area contributed by atoms with E-state index in [1.165, 1.54) is 50.8 Å². The summed E-state index contributed by atoms with van der Waals surface area (Å²) in [6.45, 7) is 8.68. The summed E-state index contributed by atoms with van der Waals surface area (Å²) in [6, 6.07) is 12.8. The molecule has 2 N–H and O–H groups in total. The highest BCUT2D eigenvalue weighted by Gasteiger charge is 2.35. The van der Waals surface area contributed by atoms with Crippen LogP contribution in [0.15, 0.2) is 30.3 Å². The second kappa shape index (κ2) is 9.51. The van der Waals surface area contributed by atoms with Gasteiger partial charge in [-0.25, -0.2) is 0 Å². The van der Waals surface area contributed by atoms with Crippen LogP contribution in [-0.2, 0) is 4.74 Å². The van der Waals surface area contributed by atoms with Crippen molar-refractivity contribution in [2.45, 2.75) is 57.2 Å². The quantitative estimate of drug-likeness (QED) is 0.805. The van der Waals surface area contributed by atoms with Crippen molar-refractivity contribution in [1.29, 1.82) is 0 Å². The van der Waals surface area contributed by atoms with Crippen LogP contribution in [0.5, 0.6) is 0 Å². The van der Waals surface area contributed by atoms with Crippen LogP contribution in [0.2, 0.25) is 0 Å². The third-order valence-electron chi connectivity index (χ3n) is 7.05. The van der Waals surface area contributed by atoms with Crippen LogP contribution in [0.3, 0.4) is 0 Å². The van der Waals surface area contributed by atoms with Crippen LogP contribution >= 0.6 is 0 Å². The molecule has 0 radical (unpaired) electrons. The summed E-state index contributed by atoms with van der Waals surface area (Å²) in [7, 11) is 0. The summed E-state index contributed by atoms with van der Waals surface area (Å²) in [5.41, 5.74) is 1.47. The smallest absolute Gasteiger partial charge is 0.0623 e. The first-order valence-electron chi connectivity index (χ1n) is 11.1. The van der Waals surface area contributed by atoms with Gasteiger partial charge in [0.25, 0.3) is 0 Å². The molecule has 1 aromatic carbocycles. The van der Waals surface area contributed by atoms with Crippen LogP contribution in [0.4, 0.5) is 0 Å². The van der Waals surface area contributed by atoms with E-state index in [0.29, 0.717) is 24.0 Å². The number of benzene rings is 1. The number of hydrogen-bond acceptors (Lipinski definition) is 4. The molecule has 2 saturated heterocycles. The molecule has 150 valence electrons. The summed E-state index contributed by atoms with van der Waals surface area (Å²) in [4.78, 5) is 2.72. The number of nitrogens with one attached hydrogen (secondary N) is 2. The summed E-state index contributed by atoms with van der Waals surface area (Å²) in [6.07, 6.45) is 6.65. The molecule has 2 aliphatic heterocycles. The molecular formula is C23H37N3O. The molecule has 1 aromatic rings. The van der Waals surface area contributed by atoms with Crippen molar-refractivity contribution in [3.63, 3.8) is 0 Å². The molecule has 2 heterocycles. The first-order chi connectivity index (χ1) is 13.3. The van der Waals surface area contributed by atoms with Gasteiger partial charge in [-0.2, -0.15) is 0 Å². The lowest BCUT2D eigenvalue weighted by Crippen LogP contribution is -2.52. The van der Waals surface area contributed by atoms with Crippen molar-refractivity contribution in [3.05, 3.63) is 35.9 Å². The van der Waals surface area contributed by atoms with E-state index in [9.17, 15) is 0 Å². The standard InChI is InChI=1S/C23H37N3O/c1-18-10-13-26(14-11-18)23(19-6-3-2-4-7-19)16-25-21-9-5-8-20(21)22-17-27-15-12-24-22/h2-4,6-7,18,20-25H,5,8-17H2,1H3. The fourth-order valence-corrected chi connectivity index (χ4v) is 5.32. The van der Waals surface area contributed by atoms with Gasteiger partial charge in [0.2, 0.25) is 0 Å². The molecule has 3 aliphatic rings. The Bertz CT molecular complexity index is 552. The highest BCUT2D eigenvalue weighted by molar-refractivity contribution is 5.20. The first kappa shape index (κ1) is 19.4. The van der Waals surface area contributed by atoms with E-state index in [4.69, 9.17) is 4.74 Å². The Labute approximate surface area is 165 Å². The Morgan fingerprint density at radius 2 is 1.96 bits per heavy atom. The van der Waals surface area contributed by atoms with Crippen LogP contribution in [0.25, 0.3) is 0 Å². The fraction of sp³-hybridized carbons (Fsp3) is 0.739. The Balaban J connectivity index is 1.40. The van der Waals surface area contributed by atoms with Crippen molar-refractivity contribution < 1.29 is 4.74 Å². The maximum Gasteiger partial charge on any atom is 0.0623 e. The lowest BCUT2D eigenvalue weighted by Gasteiger charge is -2.39. The van der Waals surface area contributed by atoms with Crippen LogP contribution in [0.1, 0.15) is 50.6 Å². The van der Waals surface area contributed by atoms with E-state index in [0.717, 1.165) is 32.2 Å². The number of rotatable bonds is 6. The largest absolute Gasteiger partial charge is 0.379 e. The van der Waals surface area contributed by atoms with E-state index < -0.39 is 0 Å². The van der Waals surface area contributed by atoms with Gasteiger partial charge < -0.3 is 15.4 Å². The molecule has 4 unspecified atom stereocenters. The molecule has 4 nitrogen and oxygen atoms in total. The van der Waals surface area contributed by atoms with E-state index >= 15 is 0 Å². The van der Waals surface area contributed by atoms with Crippen molar-refractivity contribution in [3.8, 4) is 0 Å². The van der Waals surface area contributed by atoms with Gasteiger partial charge in [-0.05, 0) is 56.2 Å². The Kier molecular flexibility index (Phi) is 6.82. The second-order valence-electron chi connectivity index (χ2n) is 8.89. The number of likely N-dealkylation sites (tertiary alicyclic amines) is 1. The molecule has 4 heteroatoms. The summed E-state index contributed by atoms with van der Waals surface area (Å²) < 4.78 is 5.74. The number of morpholine rings is 1. The Hall–Kier alpha value is -0.940. The Morgan fingerprint density at radius 3 is 2.70 bits per heavy atom. The molecule has 0 spiro atoms. The van der Waals surface area contributed by atoms with Gasteiger partial charge in [0.1, 0.15) is 0 Å². The molecule has 4 rings (SSSR count). The summed E-state index contributed by atoms with van der Waals surface area (Å²) >= 11 is 0. The minimum atomic E-state index is 0.496. The third kappa shape index (κ3) is 4.92. The molecule has 1 saturated carbocycles. The van der Waals surface area contributed by atoms with E-state index in [1.54, 1.807) is 0 Å².